The first kappa shape index (κ1) is 16.8. The Bertz CT molecular complexity index is 786. The molecule has 0 atom stereocenters. The van der Waals surface area contributed by atoms with Gasteiger partial charge in [0.2, 0.25) is 0 Å². The summed E-state index contributed by atoms with van der Waals surface area (Å²) in [5.74, 6) is 1.14. The highest BCUT2D eigenvalue weighted by molar-refractivity contribution is 9.10. The van der Waals surface area contributed by atoms with Gasteiger partial charge < -0.3 is 14.8 Å². The summed E-state index contributed by atoms with van der Waals surface area (Å²) >= 11 is 3.45. The van der Waals surface area contributed by atoms with Gasteiger partial charge in [0.25, 0.3) is 5.91 Å². The molecule has 5 heteroatoms. The summed E-state index contributed by atoms with van der Waals surface area (Å²) in [6.07, 6.45) is 0.835. The Labute approximate surface area is 150 Å². The van der Waals surface area contributed by atoms with E-state index in [0.717, 1.165) is 33.5 Å². The number of nitrogens with one attached hydrogen (secondary N) is 1. The van der Waals surface area contributed by atoms with Gasteiger partial charge in [0, 0.05) is 16.5 Å². The minimum absolute atomic E-state index is 0.0689. The number of ether oxygens (including phenoxy) is 2. The molecule has 126 valence electrons. The Morgan fingerprint density at radius 1 is 1.33 bits per heavy atom. The quantitative estimate of drug-likeness (QED) is 0.837. The summed E-state index contributed by atoms with van der Waals surface area (Å²) in [6.45, 7) is 6.01. The average Bonchev–Trinajstić information content (AvgIpc) is 2.82. The van der Waals surface area contributed by atoms with E-state index in [2.05, 4.69) is 21.2 Å². The van der Waals surface area contributed by atoms with E-state index < -0.39 is 0 Å². The molecule has 2 aromatic carbocycles. The number of fused-ring (bicyclic) bond motifs is 1. The Kier molecular flexibility index (Phi) is 4.54. The minimum atomic E-state index is -0.239. The van der Waals surface area contributed by atoms with Crippen molar-refractivity contribution in [1.29, 1.82) is 0 Å². The summed E-state index contributed by atoms with van der Waals surface area (Å²) in [6, 6.07) is 11.5. The molecule has 1 aliphatic heterocycles. The van der Waals surface area contributed by atoms with E-state index in [0.29, 0.717) is 5.75 Å². The van der Waals surface area contributed by atoms with Gasteiger partial charge in [0.1, 0.15) is 5.60 Å². The normalized spacial score (nSPS) is 14.7. The molecular weight excluding hydrogens is 370 g/mol. The van der Waals surface area contributed by atoms with E-state index in [-0.39, 0.29) is 18.1 Å². The minimum Gasteiger partial charge on any atom is -0.483 e. The van der Waals surface area contributed by atoms with E-state index in [1.165, 1.54) is 0 Å². The van der Waals surface area contributed by atoms with Crippen LogP contribution < -0.4 is 14.8 Å². The zero-order chi connectivity index (χ0) is 17.3. The van der Waals surface area contributed by atoms with Gasteiger partial charge in [-0.3, -0.25) is 4.79 Å². The summed E-state index contributed by atoms with van der Waals surface area (Å²) in [7, 11) is 0. The number of carbonyl (C=O) groups excluding carboxylic acids is 1. The largest absolute Gasteiger partial charge is 0.483 e. The van der Waals surface area contributed by atoms with Crippen LogP contribution in [-0.4, -0.2) is 18.1 Å². The third-order valence-electron chi connectivity index (χ3n) is 3.81. The average molecular weight is 390 g/mol. The number of rotatable bonds is 4. The lowest BCUT2D eigenvalue weighted by molar-refractivity contribution is -0.118. The molecule has 0 bridgehead atoms. The van der Waals surface area contributed by atoms with Crippen LogP contribution in [0.2, 0.25) is 0 Å². The number of hydrogen-bond donors (Lipinski definition) is 1. The van der Waals surface area contributed by atoms with Crippen molar-refractivity contribution in [2.45, 2.75) is 32.8 Å². The Balaban J connectivity index is 1.65. The third-order valence-corrected chi connectivity index (χ3v) is 4.47. The number of halogens is 1. The maximum Gasteiger partial charge on any atom is 0.262 e. The standard InChI is InChI=1S/C19H20BrNO3/c1-12-7-8-15(14(20)9-12)21-17(22)11-23-16-6-4-5-13-10-19(2,3)24-18(13)16/h4-9H,10-11H2,1-3H3,(H,21,22). The number of amides is 1. The highest BCUT2D eigenvalue weighted by atomic mass is 79.9. The van der Waals surface area contributed by atoms with Crippen LogP contribution in [0.3, 0.4) is 0 Å². The number of hydrogen-bond acceptors (Lipinski definition) is 3. The van der Waals surface area contributed by atoms with Gasteiger partial charge in [-0.1, -0.05) is 18.2 Å². The van der Waals surface area contributed by atoms with Gasteiger partial charge in [0.05, 0.1) is 5.69 Å². The number of benzene rings is 2. The van der Waals surface area contributed by atoms with Crippen LogP contribution in [0.5, 0.6) is 11.5 Å². The van der Waals surface area contributed by atoms with Crippen molar-refractivity contribution in [3.05, 3.63) is 52.0 Å². The van der Waals surface area contributed by atoms with Gasteiger partial charge in [-0.25, -0.2) is 0 Å². The molecule has 2 aromatic rings. The molecule has 0 fully saturated rings. The summed E-state index contributed by atoms with van der Waals surface area (Å²) < 4.78 is 12.5. The fourth-order valence-electron chi connectivity index (χ4n) is 2.75. The molecule has 0 saturated carbocycles. The highest BCUT2D eigenvalue weighted by Crippen LogP contribution is 2.41. The van der Waals surface area contributed by atoms with E-state index in [4.69, 9.17) is 9.47 Å². The molecule has 1 N–H and O–H groups in total. The van der Waals surface area contributed by atoms with Crippen molar-refractivity contribution in [3.63, 3.8) is 0 Å². The second-order valence-corrected chi connectivity index (χ2v) is 7.46. The fourth-order valence-corrected chi connectivity index (χ4v) is 3.34. The smallest absolute Gasteiger partial charge is 0.262 e. The van der Waals surface area contributed by atoms with Crippen LogP contribution >= 0.6 is 15.9 Å². The second kappa shape index (κ2) is 6.48. The molecule has 0 aliphatic carbocycles. The van der Waals surface area contributed by atoms with Crippen LogP contribution in [0.25, 0.3) is 0 Å². The lowest BCUT2D eigenvalue weighted by atomic mass is 10.0. The maximum atomic E-state index is 12.2. The van der Waals surface area contributed by atoms with Crippen LogP contribution in [0, 0.1) is 6.92 Å². The third kappa shape index (κ3) is 3.73. The summed E-state index contributed by atoms with van der Waals surface area (Å²) in [5.41, 5.74) is 2.72. The molecule has 1 aliphatic rings. The molecule has 0 saturated heterocycles. The molecule has 0 radical (unpaired) electrons. The lowest BCUT2D eigenvalue weighted by Crippen LogP contribution is -2.25. The van der Waals surface area contributed by atoms with Crippen LogP contribution in [0.1, 0.15) is 25.0 Å². The van der Waals surface area contributed by atoms with Gasteiger partial charge in [0.15, 0.2) is 18.1 Å². The number of carbonyl (C=O) groups is 1. The van der Waals surface area contributed by atoms with E-state index in [9.17, 15) is 4.79 Å². The molecule has 24 heavy (non-hydrogen) atoms. The van der Waals surface area contributed by atoms with Crippen LogP contribution in [-0.2, 0) is 11.2 Å². The SMILES string of the molecule is Cc1ccc(NC(=O)COc2cccc3c2OC(C)(C)C3)c(Br)c1. The Morgan fingerprint density at radius 3 is 2.88 bits per heavy atom. The van der Waals surface area contributed by atoms with Crippen molar-refractivity contribution in [2.24, 2.45) is 0 Å². The molecule has 0 aromatic heterocycles. The molecular formula is C19H20BrNO3. The van der Waals surface area contributed by atoms with Crippen molar-refractivity contribution >= 4 is 27.5 Å². The van der Waals surface area contributed by atoms with Crippen molar-refractivity contribution in [2.75, 3.05) is 11.9 Å². The van der Waals surface area contributed by atoms with E-state index >= 15 is 0 Å². The first-order valence-corrected chi connectivity index (χ1v) is 8.63. The zero-order valence-electron chi connectivity index (χ0n) is 14.0. The number of aryl methyl sites for hydroxylation is 1. The van der Waals surface area contributed by atoms with Gasteiger partial charge in [-0.15, -0.1) is 0 Å². The monoisotopic (exact) mass is 389 g/mol. The molecule has 0 spiro atoms. The number of para-hydroxylation sites is 1. The van der Waals surface area contributed by atoms with Crippen molar-refractivity contribution < 1.29 is 14.3 Å². The molecule has 3 rings (SSSR count). The molecule has 1 amide bonds. The summed E-state index contributed by atoms with van der Waals surface area (Å²) in [4.78, 5) is 12.2. The highest BCUT2D eigenvalue weighted by Gasteiger charge is 2.32. The Morgan fingerprint density at radius 2 is 2.12 bits per heavy atom. The summed E-state index contributed by atoms with van der Waals surface area (Å²) in [5, 5.41) is 2.84. The molecule has 1 heterocycles. The van der Waals surface area contributed by atoms with Gasteiger partial charge >= 0.3 is 0 Å². The predicted molar refractivity (Wildman–Crippen MR) is 97.9 cm³/mol. The molecule has 4 nitrogen and oxygen atoms in total. The van der Waals surface area contributed by atoms with Crippen molar-refractivity contribution in [1.82, 2.24) is 0 Å². The number of anilines is 1. The predicted octanol–water partition coefficient (Wildman–Crippen LogP) is 4.49. The zero-order valence-corrected chi connectivity index (χ0v) is 15.6. The topological polar surface area (TPSA) is 47.6 Å². The lowest BCUT2D eigenvalue weighted by Gasteiger charge is -2.18. The Hall–Kier alpha value is -2.01. The first-order chi connectivity index (χ1) is 11.3. The van der Waals surface area contributed by atoms with Crippen LogP contribution in [0.15, 0.2) is 40.9 Å². The maximum absolute atomic E-state index is 12.2. The van der Waals surface area contributed by atoms with Gasteiger partial charge in [-0.2, -0.15) is 0 Å². The van der Waals surface area contributed by atoms with Gasteiger partial charge in [-0.05, 0) is 60.5 Å². The fraction of sp³-hybridized carbons (Fsp3) is 0.316. The molecule has 0 unspecified atom stereocenters. The van der Waals surface area contributed by atoms with Crippen molar-refractivity contribution in [3.8, 4) is 11.5 Å². The van der Waals surface area contributed by atoms with E-state index in [1.54, 1.807) is 0 Å². The van der Waals surface area contributed by atoms with E-state index in [1.807, 2.05) is 57.2 Å². The first-order valence-electron chi connectivity index (χ1n) is 7.84. The van der Waals surface area contributed by atoms with Crippen LogP contribution in [0.4, 0.5) is 5.69 Å². The second-order valence-electron chi connectivity index (χ2n) is 6.60.